The van der Waals surface area contributed by atoms with Crippen molar-refractivity contribution in [2.45, 2.75) is 39.2 Å². The maximum Gasteiger partial charge on any atom is 0.191 e. The van der Waals surface area contributed by atoms with Gasteiger partial charge in [0.15, 0.2) is 5.96 Å². The smallest absolute Gasteiger partial charge is 0.191 e. The number of aryl methyl sites for hydroxylation is 1. The lowest BCUT2D eigenvalue weighted by atomic mass is 9.84. The van der Waals surface area contributed by atoms with Gasteiger partial charge in [0.2, 0.25) is 0 Å². The van der Waals surface area contributed by atoms with Crippen molar-refractivity contribution >= 4 is 52.9 Å². The quantitative estimate of drug-likeness (QED) is 0.351. The average Bonchev–Trinajstić information content (AvgIpc) is 3.03. The van der Waals surface area contributed by atoms with Crippen LogP contribution in [0.5, 0.6) is 0 Å². The summed E-state index contributed by atoms with van der Waals surface area (Å²) in [7, 11) is 1.77. The molecule has 7 heteroatoms. The van der Waals surface area contributed by atoms with Gasteiger partial charge in [0.05, 0.1) is 6.54 Å². The van der Waals surface area contributed by atoms with Crippen LogP contribution in [0.2, 0.25) is 5.02 Å². The summed E-state index contributed by atoms with van der Waals surface area (Å²) >= 11 is 8.07. The van der Waals surface area contributed by atoms with E-state index in [0.717, 1.165) is 34.5 Å². The van der Waals surface area contributed by atoms with Gasteiger partial charge in [-0.1, -0.05) is 50.6 Å². The molecule has 1 aromatic carbocycles. The Morgan fingerprint density at radius 2 is 2.00 bits per heavy atom. The summed E-state index contributed by atoms with van der Waals surface area (Å²) in [6.45, 7) is 7.89. The molecule has 138 valence electrons. The standard InChI is InChI=1S/C18H25ClN4S.HI/c1-5-13-10-21-16(24-13)11-22-17(20-4)23-12-18(2,3)14-8-6-7-9-15(14)19;/h6-10H,5,11-12H2,1-4H3,(H2,20,22,23);1H. The first-order valence-corrected chi connectivity index (χ1v) is 9.29. The van der Waals surface area contributed by atoms with E-state index in [1.54, 1.807) is 18.4 Å². The van der Waals surface area contributed by atoms with Crippen LogP contribution >= 0.6 is 46.9 Å². The number of aromatic nitrogens is 1. The Hall–Kier alpha value is -0.860. The fourth-order valence-corrected chi connectivity index (χ4v) is 3.58. The van der Waals surface area contributed by atoms with Crippen molar-refractivity contribution in [3.63, 3.8) is 0 Å². The zero-order valence-electron chi connectivity index (χ0n) is 15.1. The van der Waals surface area contributed by atoms with Gasteiger partial charge in [0, 0.05) is 35.1 Å². The van der Waals surface area contributed by atoms with Crippen LogP contribution in [-0.4, -0.2) is 24.5 Å². The molecule has 2 N–H and O–H groups in total. The Morgan fingerprint density at radius 3 is 2.60 bits per heavy atom. The van der Waals surface area contributed by atoms with Gasteiger partial charge in [-0.2, -0.15) is 0 Å². The molecule has 1 heterocycles. The van der Waals surface area contributed by atoms with E-state index in [2.05, 4.69) is 47.4 Å². The zero-order chi connectivity index (χ0) is 17.6. The Morgan fingerprint density at radius 1 is 1.28 bits per heavy atom. The summed E-state index contributed by atoms with van der Waals surface area (Å²) in [5.41, 5.74) is 1.02. The van der Waals surface area contributed by atoms with Crippen molar-refractivity contribution in [3.05, 3.63) is 50.9 Å². The van der Waals surface area contributed by atoms with Crippen LogP contribution in [0.25, 0.3) is 0 Å². The first-order valence-electron chi connectivity index (χ1n) is 8.09. The van der Waals surface area contributed by atoms with E-state index >= 15 is 0 Å². The minimum atomic E-state index is -0.105. The molecule has 0 fully saturated rings. The number of hydrogen-bond donors (Lipinski definition) is 2. The molecule has 0 amide bonds. The molecule has 1 aromatic heterocycles. The number of guanidine groups is 1. The van der Waals surface area contributed by atoms with Gasteiger partial charge >= 0.3 is 0 Å². The number of aliphatic imine (C=N–C) groups is 1. The summed E-state index contributed by atoms with van der Waals surface area (Å²) in [6.07, 6.45) is 2.97. The molecular formula is C18H26ClIN4S. The predicted octanol–water partition coefficient (Wildman–Crippen LogP) is 4.62. The Labute approximate surface area is 176 Å². The molecule has 0 spiro atoms. The number of hydrogen-bond acceptors (Lipinski definition) is 3. The maximum atomic E-state index is 6.33. The molecule has 4 nitrogen and oxygen atoms in total. The van der Waals surface area contributed by atoms with Gasteiger partial charge in [-0.25, -0.2) is 4.98 Å². The van der Waals surface area contributed by atoms with Crippen molar-refractivity contribution in [3.8, 4) is 0 Å². The first-order chi connectivity index (χ1) is 11.5. The molecule has 0 aliphatic carbocycles. The van der Waals surface area contributed by atoms with Crippen LogP contribution in [0.15, 0.2) is 35.5 Å². The zero-order valence-corrected chi connectivity index (χ0v) is 19.0. The summed E-state index contributed by atoms with van der Waals surface area (Å²) in [5.74, 6) is 0.767. The summed E-state index contributed by atoms with van der Waals surface area (Å²) in [6, 6.07) is 7.97. The Bertz CT molecular complexity index is 700. The van der Waals surface area contributed by atoms with Gasteiger partial charge in [-0.15, -0.1) is 35.3 Å². The summed E-state index contributed by atoms with van der Waals surface area (Å²) < 4.78 is 0. The second-order valence-corrected chi connectivity index (χ2v) is 7.82. The van der Waals surface area contributed by atoms with Crippen molar-refractivity contribution in [2.75, 3.05) is 13.6 Å². The molecule has 0 aliphatic rings. The molecule has 0 atom stereocenters. The maximum absolute atomic E-state index is 6.33. The largest absolute Gasteiger partial charge is 0.356 e. The van der Waals surface area contributed by atoms with E-state index in [-0.39, 0.29) is 29.4 Å². The molecule has 25 heavy (non-hydrogen) atoms. The van der Waals surface area contributed by atoms with Crippen LogP contribution in [0, 0.1) is 0 Å². The third-order valence-corrected chi connectivity index (χ3v) is 5.35. The van der Waals surface area contributed by atoms with E-state index in [0.29, 0.717) is 6.54 Å². The molecule has 0 radical (unpaired) electrons. The van der Waals surface area contributed by atoms with Gasteiger partial charge < -0.3 is 10.6 Å². The SMILES string of the molecule is CCc1cnc(CNC(=NC)NCC(C)(C)c2ccccc2Cl)s1.I. The van der Waals surface area contributed by atoms with Crippen LogP contribution in [0.1, 0.15) is 36.2 Å². The molecule has 0 unspecified atom stereocenters. The topological polar surface area (TPSA) is 49.3 Å². The van der Waals surface area contributed by atoms with Gasteiger partial charge in [0.1, 0.15) is 5.01 Å². The number of nitrogens with zero attached hydrogens (tertiary/aromatic N) is 2. The monoisotopic (exact) mass is 492 g/mol. The molecule has 2 rings (SSSR count). The number of rotatable bonds is 6. The Balaban J connectivity index is 0.00000312. The van der Waals surface area contributed by atoms with E-state index in [4.69, 9.17) is 11.6 Å². The number of nitrogens with one attached hydrogen (secondary N) is 2. The van der Waals surface area contributed by atoms with E-state index in [1.165, 1.54) is 4.88 Å². The molecule has 0 saturated heterocycles. The predicted molar refractivity (Wildman–Crippen MR) is 120 cm³/mol. The number of halogens is 2. The number of benzene rings is 1. The lowest BCUT2D eigenvalue weighted by molar-refractivity contribution is 0.509. The molecule has 0 aliphatic heterocycles. The van der Waals surface area contributed by atoms with Crippen LogP contribution in [-0.2, 0) is 18.4 Å². The number of thiazole rings is 1. The van der Waals surface area contributed by atoms with Crippen molar-refractivity contribution in [2.24, 2.45) is 4.99 Å². The van der Waals surface area contributed by atoms with Crippen molar-refractivity contribution in [1.82, 2.24) is 15.6 Å². The minimum Gasteiger partial charge on any atom is -0.356 e. The fraction of sp³-hybridized carbons (Fsp3) is 0.444. The second kappa shape index (κ2) is 10.3. The minimum absolute atomic E-state index is 0. The fourth-order valence-electron chi connectivity index (χ4n) is 2.38. The lowest BCUT2D eigenvalue weighted by Gasteiger charge is -2.27. The van der Waals surface area contributed by atoms with E-state index < -0.39 is 0 Å². The molecule has 0 bridgehead atoms. The molecule has 0 saturated carbocycles. The van der Waals surface area contributed by atoms with E-state index in [9.17, 15) is 0 Å². The van der Waals surface area contributed by atoms with Gasteiger partial charge in [-0.3, -0.25) is 4.99 Å². The lowest BCUT2D eigenvalue weighted by Crippen LogP contribution is -2.43. The van der Waals surface area contributed by atoms with Crippen LogP contribution in [0.4, 0.5) is 0 Å². The van der Waals surface area contributed by atoms with Crippen molar-refractivity contribution in [1.29, 1.82) is 0 Å². The summed E-state index contributed by atoms with van der Waals surface area (Å²) in [4.78, 5) is 10.0. The van der Waals surface area contributed by atoms with Crippen LogP contribution in [0.3, 0.4) is 0 Å². The first kappa shape index (κ1) is 22.2. The van der Waals surface area contributed by atoms with Gasteiger partial charge in [-0.05, 0) is 18.1 Å². The molecule has 2 aromatic rings. The third-order valence-electron chi connectivity index (χ3n) is 3.88. The average molecular weight is 493 g/mol. The normalized spacial score (nSPS) is 11.8. The highest BCUT2D eigenvalue weighted by molar-refractivity contribution is 14.0. The summed E-state index contributed by atoms with van der Waals surface area (Å²) in [5, 5.41) is 8.56. The van der Waals surface area contributed by atoms with Crippen LogP contribution < -0.4 is 10.6 Å². The highest BCUT2D eigenvalue weighted by Crippen LogP contribution is 2.28. The highest BCUT2D eigenvalue weighted by Gasteiger charge is 2.23. The molecular weight excluding hydrogens is 467 g/mol. The Kier molecular flexibility index (Phi) is 9.16. The van der Waals surface area contributed by atoms with E-state index in [1.807, 2.05) is 24.4 Å². The third kappa shape index (κ3) is 6.42. The highest BCUT2D eigenvalue weighted by atomic mass is 127. The van der Waals surface area contributed by atoms with Crippen molar-refractivity contribution < 1.29 is 0 Å². The second-order valence-electron chi connectivity index (χ2n) is 6.22. The van der Waals surface area contributed by atoms with Gasteiger partial charge in [0.25, 0.3) is 0 Å².